The monoisotopic (exact) mass is 487 g/mol. The van der Waals surface area contributed by atoms with E-state index in [0.29, 0.717) is 22.1 Å². The van der Waals surface area contributed by atoms with Crippen LogP contribution in [0.1, 0.15) is 45.2 Å². The molecular weight excluding hydrogens is 466 g/mol. The lowest BCUT2D eigenvalue weighted by Gasteiger charge is -2.05. The van der Waals surface area contributed by atoms with Crippen molar-refractivity contribution in [1.82, 2.24) is 0 Å². The molecule has 7 nitrogen and oxygen atoms in total. The minimum absolute atomic E-state index is 0.134. The van der Waals surface area contributed by atoms with E-state index < -0.39 is 17.8 Å². The van der Waals surface area contributed by atoms with Crippen molar-refractivity contribution in [3.8, 4) is 11.3 Å². The third kappa shape index (κ3) is 5.91. The van der Waals surface area contributed by atoms with Crippen molar-refractivity contribution in [3.05, 3.63) is 69.3 Å². The normalized spacial score (nSPS) is 10.9. The lowest BCUT2D eigenvalue weighted by molar-refractivity contribution is -0.111. The van der Waals surface area contributed by atoms with Crippen LogP contribution in [0.25, 0.3) is 17.4 Å². The van der Waals surface area contributed by atoms with Gasteiger partial charge >= 0.3 is 11.9 Å². The molecule has 0 aliphatic carbocycles. The molecule has 0 fully saturated rings. The Morgan fingerprint density at radius 1 is 1.03 bits per heavy atom. The average Bonchev–Trinajstić information content (AvgIpc) is 3.38. The molecule has 0 radical (unpaired) electrons. The molecule has 9 heteroatoms. The largest absolute Gasteiger partial charge is 0.462 e. The molecule has 1 amide bonds. The Bertz CT molecular complexity index is 1190. The first-order valence-corrected chi connectivity index (χ1v) is 11.4. The minimum atomic E-state index is -0.625. The van der Waals surface area contributed by atoms with E-state index in [1.165, 1.54) is 12.2 Å². The molecule has 0 aliphatic rings. The van der Waals surface area contributed by atoms with Crippen molar-refractivity contribution >= 4 is 51.9 Å². The Morgan fingerprint density at radius 2 is 1.70 bits per heavy atom. The van der Waals surface area contributed by atoms with Gasteiger partial charge in [-0.05, 0) is 68.8 Å². The van der Waals surface area contributed by atoms with E-state index in [1.807, 2.05) is 12.1 Å². The highest BCUT2D eigenvalue weighted by molar-refractivity contribution is 7.18. The highest BCUT2D eigenvalue weighted by atomic mass is 35.5. The van der Waals surface area contributed by atoms with Gasteiger partial charge in [0.15, 0.2) is 0 Å². The number of hydrogen-bond donors (Lipinski definition) is 1. The number of ether oxygens (including phenoxy) is 2. The van der Waals surface area contributed by atoms with Gasteiger partial charge in [0.1, 0.15) is 21.4 Å². The third-order valence-corrected chi connectivity index (χ3v) is 5.92. The Labute approximate surface area is 200 Å². The number of thiophene rings is 1. The minimum Gasteiger partial charge on any atom is -0.462 e. The van der Waals surface area contributed by atoms with Gasteiger partial charge in [0.2, 0.25) is 5.91 Å². The predicted octanol–water partition coefficient (Wildman–Crippen LogP) is 5.98. The second kappa shape index (κ2) is 11.0. The number of hydrogen-bond acceptors (Lipinski definition) is 7. The summed E-state index contributed by atoms with van der Waals surface area (Å²) in [5.41, 5.74) is 1.38. The topological polar surface area (TPSA) is 94.8 Å². The molecule has 0 saturated carbocycles. The summed E-state index contributed by atoms with van der Waals surface area (Å²) in [6.45, 7) is 5.32. The van der Waals surface area contributed by atoms with Gasteiger partial charge in [0.05, 0.1) is 18.8 Å². The molecule has 0 atom stereocenters. The van der Waals surface area contributed by atoms with E-state index in [-0.39, 0.29) is 28.7 Å². The van der Waals surface area contributed by atoms with Gasteiger partial charge in [-0.25, -0.2) is 9.59 Å². The summed E-state index contributed by atoms with van der Waals surface area (Å²) in [5, 5.41) is 3.49. The third-order valence-electron chi connectivity index (χ3n) is 4.48. The molecule has 0 unspecified atom stereocenters. The van der Waals surface area contributed by atoms with Gasteiger partial charge in [-0.3, -0.25) is 4.79 Å². The van der Waals surface area contributed by atoms with E-state index >= 15 is 0 Å². The van der Waals surface area contributed by atoms with Crippen molar-refractivity contribution in [2.45, 2.75) is 20.8 Å². The van der Waals surface area contributed by atoms with Crippen LogP contribution >= 0.6 is 22.9 Å². The standard InChI is InChI=1S/C24H22ClNO6S/c1-4-30-23(28)20-14(3)21(24(29)31-5-2)33-22(20)26-19(27)13-11-17-10-12-18(32-17)15-6-8-16(25)9-7-15/h6-13H,4-5H2,1-3H3,(H,26,27)/b13-11+. The summed E-state index contributed by atoms with van der Waals surface area (Å²) in [7, 11) is 0. The van der Waals surface area contributed by atoms with Crippen LogP contribution in [0.5, 0.6) is 0 Å². The molecular formula is C24H22ClNO6S. The number of anilines is 1. The van der Waals surface area contributed by atoms with Crippen LogP contribution in [0.2, 0.25) is 5.02 Å². The van der Waals surface area contributed by atoms with E-state index in [1.54, 1.807) is 45.0 Å². The summed E-state index contributed by atoms with van der Waals surface area (Å²) < 4.78 is 15.9. The van der Waals surface area contributed by atoms with Gasteiger partial charge in [-0.1, -0.05) is 11.6 Å². The number of rotatable bonds is 8. The lowest BCUT2D eigenvalue weighted by Crippen LogP contribution is -2.12. The zero-order valence-electron chi connectivity index (χ0n) is 18.3. The van der Waals surface area contributed by atoms with Crippen molar-refractivity contribution in [2.75, 3.05) is 18.5 Å². The summed E-state index contributed by atoms with van der Waals surface area (Å²) in [5.74, 6) is -0.590. The number of halogens is 1. The SMILES string of the molecule is CCOC(=O)c1sc(NC(=O)/C=C/c2ccc(-c3ccc(Cl)cc3)o2)c(C(=O)OCC)c1C. The Balaban J connectivity index is 1.78. The van der Waals surface area contributed by atoms with Crippen LogP contribution in [0.15, 0.2) is 46.9 Å². The van der Waals surface area contributed by atoms with Crippen molar-refractivity contribution in [2.24, 2.45) is 0 Å². The van der Waals surface area contributed by atoms with E-state index in [4.69, 9.17) is 25.5 Å². The average molecular weight is 488 g/mol. The zero-order chi connectivity index (χ0) is 24.0. The highest BCUT2D eigenvalue weighted by Crippen LogP contribution is 2.34. The number of esters is 2. The summed E-state index contributed by atoms with van der Waals surface area (Å²) in [6.07, 6.45) is 2.78. The van der Waals surface area contributed by atoms with Crippen molar-refractivity contribution in [3.63, 3.8) is 0 Å². The molecule has 172 valence electrons. The smallest absolute Gasteiger partial charge is 0.348 e. The number of carbonyl (C=O) groups is 3. The van der Waals surface area contributed by atoms with Crippen LogP contribution < -0.4 is 5.32 Å². The van der Waals surface area contributed by atoms with Crippen LogP contribution in [0, 0.1) is 6.92 Å². The fourth-order valence-electron chi connectivity index (χ4n) is 2.97. The molecule has 2 aromatic heterocycles. The zero-order valence-corrected chi connectivity index (χ0v) is 19.8. The number of nitrogens with one attached hydrogen (secondary N) is 1. The first-order chi connectivity index (χ1) is 15.8. The van der Waals surface area contributed by atoms with Gasteiger partial charge in [0, 0.05) is 16.7 Å². The van der Waals surface area contributed by atoms with Gasteiger partial charge in [-0.2, -0.15) is 0 Å². The van der Waals surface area contributed by atoms with E-state index in [9.17, 15) is 14.4 Å². The van der Waals surface area contributed by atoms with Gasteiger partial charge in [0.25, 0.3) is 0 Å². The Morgan fingerprint density at radius 3 is 2.36 bits per heavy atom. The number of amides is 1. The predicted molar refractivity (Wildman–Crippen MR) is 128 cm³/mol. The van der Waals surface area contributed by atoms with Gasteiger partial charge < -0.3 is 19.2 Å². The lowest BCUT2D eigenvalue weighted by atomic mass is 10.1. The van der Waals surface area contributed by atoms with Gasteiger partial charge in [-0.15, -0.1) is 11.3 Å². The maximum Gasteiger partial charge on any atom is 0.348 e. The molecule has 1 aromatic carbocycles. The maximum absolute atomic E-state index is 12.5. The van der Waals surface area contributed by atoms with Crippen molar-refractivity contribution in [1.29, 1.82) is 0 Å². The Kier molecular flexibility index (Phi) is 8.08. The molecule has 3 aromatic rings. The maximum atomic E-state index is 12.5. The van der Waals surface area contributed by atoms with Crippen molar-refractivity contribution < 1.29 is 28.3 Å². The van der Waals surface area contributed by atoms with Crippen LogP contribution in [0.3, 0.4) is 0 Å². The quantitative estimate of drug-likeness (QED) is 0.310. The number of carbonyl (C=O) groups excluding carboxylic acids is 3. The molecule has 1 N–H and O–H groups in total. The molecule has 0 spiro atoms. The molecule has 0 bridgehead atoms. The second-order valence-electron chi connectivity index (χ2n) is 6.73. The summed E-state index contributed by atoms with van der Waals surface area (Å²) in [6, 6.07) is 10.7. The van der Waals surface area contributed by atoms with E-state index in [2.05, 4.69) is 5.32 Å². The fraction of sp³-hybridized carbons (Fsp3) is 0.208. The highest BCUT2D eigenvalue weighted by Gasteiger charge is 2.27. The molecule has 2 heterocycles. The molecule has 0 aliphatic heterocycles. The second-order valence-corrected chi connectivity index (χ2v) is 8.19. The molecule has 33 heavy (non-hydrogen) atoms. The number of furan rings is 1. The summed E-state index contributed by atoms with van der Waals surface area (Å²) in [4.78, 5) is 37.4. The van der Waals surface area contributed by atoms with E-state index in [0.717, 1.165) is 16.9 Å². The fourth-order valence-corrected chi connectivity index (χ4v) is 4.18. The Hall–Kier alpha value is -3.36. The van der Waals surface area contributed by atoms with Crippen LogP contribution in [-0.4, -0.2) is 31.1 Å². The molecule has 3 rings (SSSR count). The van der Waals surface area contributed by atoms with Crippen LogP contribution in [0.4, 0.5) is 5.00 Å². The first kappa shape index (κ1) is 24.3. The number of benzene rings is 1. The van der Waals surface area contributed by atoms with Crippen LogP contribution in [-0.2, 0) is 14.3 Å². The molecule has 0 saturated heterocycles. The summed E-state index contributed by atoms with van der Waals surface area (Å²) >= 11 is 6.87. The first-order valence-electron chi connectivity index (χ1n) is 10.2.